The van der Waals surface area contributed by atoms with Crippen molar-refractivity contribution in [3.8, 4) is 17.4 Å². The zero-order chi connectivity index (χ0) is 22.5. The number of rotatable bonds is 8. The summed E-state index contributed by atoms with van der Waals surface area (Å²) in [6.45, 7) is 2.47. The van der Waals surface area contributed by atoms with Gasteiger partial charge in [-0.2, -0.15) is 0 Å². The van der Waals surface area contributed by atoms with Gasteiger partial charge in [0.05, 0.1) is 12.6 Å². The summed E-state index contributed by atoms with van der Waals surface area (Å²) in [5.74, 6) is 0.672. The summed E-state index contributed by atoms with van der Waals surface area (Å²) in [5.41, 5.74) is 1.05. The Hall–Kier alpha value is -3.87. The zero-order valence-electron chi connectivity index (χ0n) is 18.1. The van der Waals surface area contributed by atoms with E-state index in [9.17, 15) is 9.90 Å². The number of aromatic hydroxyl groups is 1. The number of benzene rings is 3. The van der Waals surface area contributed by atoms with Crippen molar-refractivity contribution < 1.29 is 19.4 Å². The Kier molecular flexibility index (Phi) is 6.35. The fourth-order valence-corrected chi connectivity index (χ4v) is 3.67. The summed E-state index contributed by atoms with van der Waals surface area (Å²) < 4.78 is 12.8. The van der Waals surface area contributed by atoms with Gasteiger partial charge in [-0.25, -0.2) is 0 Å². The highest BCUT2D eigenvalue weighted by Gasteiger charge is 2.18. The lowest BCUT2D eigenvalue weighted by Crippen LogP contribution is -2.08. The number of azo groups is 1. The number of carbonyl (C=O) groups is 1. The van der Waals surface area contributed by atoms with Gasteiger partial charge >= 0.3 is 5.91 Å². The number of aryl methyl sites for hydroxylation is 1. The van der Waals surface area contributed by atoms with Crippen molar-refractivity contribution >= 4 is 33.3 Å². The predicted octanol–water partition coefficient (Wildman–Crippen LogP) is 6.00. The maximum Gasteiger partial charge on any atom is 0.302 e. The monoisotopic (exact) mass is 431 g/mol. The lowest BCUT2D eigenvalue weighted by Gasteiger charge is -2.07. The largest absolute Gasteiger partial charge is 0.497 e. The Bertz CT molecular complexity index is 1290. The van der Waals surface area contributed by atoms with Gasteiger partial charge in [0.2, 0.25) is 5.88 Å². The van der Waals surface area contributed by atoms with Crippen molar-refractivity contribution in [1.82, 2.24) is 4.57 Å². The first-order valence-corrected chi connectivity index (χ1v) is 10.6. The van der Waals surface area contributed by atoms with E-state index >= 15 is 0 Å². The van der Waals surface area contributed by atoms with Gasteiger partial charge in [-0.05, 0) is 36.1 Å². The van der Waals surface area contributed by atoms with Crippen molar-refractivity contribution in [2.24, 2.45) is 10.2 Å². The molecule has 1 amide bonds. The zero-order valence-corrected chi connectivity index (χ0v) is 18.1. The summed E-state index contributed by atoms with van der Waals surface area (Å²) in [7, 11) is 1.57. The molecule has 0 bridgehead atoms. The Morgan fingerprint density at radius 1 is 1.06 bits per heavy atom. The van der Waals surface area contributed by atoms with Gasteiger partial charge in [-0.1, -0.05) is 49.7 Å². The molecule has 164 valence electrons. The van der Waals surface area contributed by atoms with Crippen LogP contribution >= 0.6 is 0 Å². The van der Waals surface area contributed by atoms with E-state index in [0.717, 1.165) is 29.1 Å². The molecule has 7 nitrogen and oxygen atoms in total. The molecular weight excluding hydrogens is 406 g/mol. The minimum Gasteiger partial charge on any atom is -0.497 e. The average Bonchev–Trinajstić information content (AvgIpc) is 3.09. The first kappa shape index (κ1) is 21.4. The van der Waals surface area contributed by atoms with E-state index < -0.39 is 5.91 Å². The lowest BCUT2D eigenvalue weighted by atomic mass is 10.1. The second kappa shape index (κ2) is 9.51. The predicted molar refractivity (Wildman–Crippen MR) is 124 cm³/mol. The van der Waals surface area contributed by atoms with E-state index in [1.54, 1.807) is 17.7 Å². The maximum atomic E-state index is 12.4. The maximum absolute atomic E-state index is 12.4. The number of nitrogens with zero attached hydrogens (tertiary/aromatic N) is 3. The van der Waals surface area contributed by atoms with Crippen molar-refractivity contribution in [2.75, 3.05) is 13.7 Å². The average molecular weight is 431 g/mol. The van der Waals surface area contributed by atoms with E-state index in [-0.39, 0.29) is 18.2 Å². The molecular formula is C25H25N3O4. The highest BCUT2D eigenvalue weighted by molar-refractivity contribution is 5.96. The highest BCUT2D eigenvalue weighted by atomic mass is 16.5. The quantitative estimate of drug-likeness (QED) is 0.347. The first-order valence-electron chi connectivity index (χ1n) is 10.6. The normalized spacial score (nSPS) is 11.4. The number of unbranched alkanes of at least 4 members (excludes halogenated alkanes) is 1. The molecule has 0 aliphatic carbocycles. The lowest BCUT2D eigenvalue weighted by molar-refractivity contribution is -0.120. The van der Waals surface area contributed by atoms with Crippen LogP contribution in [0.25, 0.3) is 21.7 Å². The van der Waals surface area contributed by atoms with Gasteiger partial charge in [-0.15, -0.1) is 10.2 Å². The number of fused-ring (bicyclic) bond motifs is 2. The molecule has 1 heterocycles. The summed E-state index contributed by atoms with van der Waals surface area (Å²) in [6, 6.07) is 18.9. The van der Waals surface area contributed by atoms with Crippen LogP contribution in [0, 0.1) is 0 Å². The van der Waals surface area contributed by atoms with Gasteiger partial charge in [0.1, 0.15) is 11.5 Å². The van der Waals surface area contributed by atoms with E-state index in [0.29, 0.717) is 23.4 Å². The molecule has 1 aromatic heterocycles. The van der Waals surface area contributed by atoms with Gasteiger partial charge in [0.25, 0.3) is 0 Å². The van der Waals surface area contributed by atoms with E-state index in [4.69, 9.17) is 9.47 Å². The Balaban J connectivity index is 1.57. The van der Waals surface area contributed by atoms with Crippen LogP contribution in [0.1, 0.15) is 19.8 Å². The van der Waals surface area contributed by atoms with Crippen molar-refractivity contribution in [3.63, 3.8) is 0 Å². The molecule has 0 saturated heterocycles. The summed E-state index contributed by atoms with van der Waals surface area (Å²) in [6.07, 6.45) is 1.88. The number of ether oxygens (including phenoxy) is 2. The number of hydrogen-bond donors (Lipinski definition) is 1. The molecule has 0 aliphatic heterocycles. The minimum atomic E-state index is -0.547. The second-order valence-electron chi connectivity index (χ2n) is 7.42. The molecule has 0 fully saturated rings. The van der Waals surface area contributed by atoms with Crippen LogP contribution < -0.4 is 9.47 Å². The van der Waals surface area contributed by atoms with Crippen LogP contribution in [-0.4, -0.2) is 29.3 Å². The van der Waals surface area contributed by atoms with Crippen LogP contribution in [0.15, 0.2) is 70.9 Å². The Labute approximate surface area is 185 Å². The van der Waals surface area contributed by atoms with Gasteiger partial charge < -0.3 is 19.1 Å². The van der Waals surface area contributed by atoms with Crippen LogP contribution in [0.4, 0.5) is 5.69 Å². The smallest absolute Gasteiger partial charge is 0.302 e. The van der Waals surface area contributed by atoms with Crippen molar-refractivity contribution in [2.45, 2.75) is 26.3 Å². The third-order valence-electron chi connectivity index (χ3n) is 5.31. The number of carbonyl (C=O) groups excluding carboxylic acids is 1. The minimum absolute atomic E-state index is 0.0202. The molecule has 0 aliphatic rings. The fourth-order valence-electron chi connectivity index (χ4n) is 3.67. The molecule has 0 radical (unpaired) electrons. The number of methoxy groups -OCH3 is 1. The molecule has 0 unspecified atom stereocenters. The summed E-state index contributed by atoms with van der Waals surface area (Å²) in [4.78, 5) is 12.4. The molecule has 3 aromatic carbocycles. The molecule has 0 saturated carbocycles. The third-order valence-corrected chi connectivity index (χ3v) is 5.31. The topological polar surface area (TPSA) is 85.4 Å². The Morgan fingerprint density at radius 3 is 2.69 bits per heavy atom. The molecule has 0 atom stereocenters. The standard InChI is InChI=1S/C25H25N3O4/c1-3-4-14-28-21-13-12-18(31-2)15-20(21)24(25(28)30)27-26-23(29)16-32-22-11-7-9-17-8-5-6-10-19(17)22/h5-13,15,30H,3-4,14,16H2,1-2H3. The van der Waals surface area contributed by atoms with E-state index in [2.05, 4.69) is 17.2 Å². The number of aromatic nitrogens is 1. The fraction of sp³-hybridized carbons (Fsp3) is 0.240. The summed E-state index contributed by atoms with van der Waals surface area (Å²) in [5, 5.41) is 21.3. The molecule has 32 heavy (non-hydrogen) atoms. The first-order chi connectivity index (χ1) is 15.6. The second-order valence-corrected chi connectivity index (χ2v) is 7.42. The van der Waals surface area contributed by atoms with Gasteiger partial charge in [0.15, 0.2) is 12.3 Å². The molecule has 4 aromatic rings. The van der Waals surface area contributed by atoms with Gasteiger partial charge in [-0.3, -0.25) is 4.79 Å². The van der Waals surface area contributed by atoms with E-state index in [1.165, 1.54) is 0 Å². The van der Waals surface area contributed by atoms with Crippen LogP contribution in [-0.2, 0) is 11.3 Å². The molecule has 7 heteroatoms. The molecule has 1 N–H and O–H groups in total. The van der Waals surface area contributed by atoms with Crippen molar-refractivity contribution in [1.29, 1.82) is 0 Å². The van der Waals surface area contributed by atoms with Crippen molar-refractivity contribution in [3.05, 3.63) is 60.7 Å². The van der Waals surface area contributed by atoms with Gasteiger partial charge in [0, 0.05) is 17.3 Å². The van der Waals surface area contributed by atoms with E-state index in [1.807, 2.05) is 54.6 Å². The third kappa shape index (κ3) is 4.27. The van der Waals surface area contributed by atoms with Crippen LogP contribution in [0.3, 0.4) is 0 Å². The summed E-state index contributed by atoms with van der Waals surface area (Å²) >= 11 is 0. The molecule has 0 spiro atoms. The van der Waals surface area contributed by atoms with Crippen LogP contribution in [0.5, 0.6) is 17.4 Å². The Morgan fingerprint density at radius 2 is 1.88 bits per heavy atom. The SMILES string of the molecule is CCCCn1c(O)c(N=NC(=O)COc2cccc3ccccc23)c2cc(OC)ccc21. The number of amides is 1. The highest BCUT2D eigenvalue weighted by Crippen LogP contribution is 2.40. The number of hydrogen-bond acceptors (Lipinski definition) is 5. The molecule has 4 rings (SSSR count). The van der Waals surface area contributed by atoms with Crippen LogP contribution in [0.2, 0.25) is 0 Å².